The van der Waals surface area contributed by atoms with E-state index in [1.165, 1.54) is 10.8 Å². The van der Waals surface area contributed by atoms with E-state index in [2.05, 4.69) is 161 Å². The quantitative estimate of drug-likeness (QED) is 0.190. The largest absolute Gasteiger partial charge is 0.452 e. The first-order valence-corrected chi connectivity index (χ1v) is 17.2. The smallest absolute Gasteiger partial charge is 0.236 e. The lowest BCUT2D eigenvalue weighted by Crippen LogP contribution is -2.04. The molecular weight excluding hydrogens is 625 g/mol. The average Bonchev–Trinajstić information content (AvgIpc) is 3.86. The van der Waals surface area contributed by atoms with E-state index in [1.54, 1.807) is 0 Å². The Morgan fingerprint density at radius 2 is 1.00 bits per heavy atom. The number of benzene rings is 7. The normalized spacial score (nSPS) is 11.9. The van der Waals surface area contributed by atoms with Gasteiger partial charge in [-0.1, -0.05) is 127 Å². The molecule has 5 heteroatoms. The van der Waals surface area contributed by atoms with E-state index in [1.807, 2.05) is 18.2 Å². The van der Waals surface area contributed by atoms with Crippen molar-refractivity contribution in [2.24, 2.45) is 0 Å². The van der Waals surface area contributed by atoms with Crippen LogP contribution in [0.25, 0.3) is 99.7 Å². The summed E-state index contributed by atoms with van der Waals surface area (Å²) in [5.74, 6) is 0.598. The minimum Gasteiger partial charge on any atom is -0.452 e. The lowest BCUT2D eigenvalue weighted by Gasteiger charge is -2.13. The van der Waals surface area contributed by atoms with Gasteiger partial charge in [-0.25, -0.2) is 9.97 Å². The average molecular weight is 653 g/mol. The number of aromatic nitrogens is 4. The number of hydrogen-bond donors (Lipinski definition) is 0. The topological polar surface area (TPSA) is 48.8 Å². The van der Waals surface area contributed by atoms with Gasteiger partial charge in [0.25, 0.3) is 0 Å². The molecule has 238 valence electrons. The standard InChI is InChI=1S/C46H28N4O/c1-2-14-29(15-3-1)32-22-13-23-36-35-20-6-10-26-40(35)50(44(32)36)46-47-42(45-43(48-46)37-21-7-11-27-41(37)51-45)30-16-12-17-31(28-30)49-38-24-8-4-18-33(38)34-19-5-9-25-39(34)49/h1-28H. The van der Waals surface area contributed by atoms with Crippen LogP contribution in [0.15, 0.2) is 174 Å². The molecule has 4 heterocycles. The second kappa shape index (κ2) is 10.8. The summed E-state index contributed by atoms with van der Waals surface area (Å²) >= 11 is 0. The van der Waals surface area contributed by atoms with Crippen LogP contribution in [0.4, 0.5) is 0 Å². The fraction of sp³-hybridized carbons (Fsp3) is 0. The molecular formula is C46H28N4O. The molecule has 0 bridgehead atoms. The van der Waals surface area contributed by atoms with E-state index in [4.69, 9.17) is 14.4 Å². The molecule has 5 nitrogen and oxygen atoms in total. The second-order valence-electron chi connectivity index (χ2n) is 13.0. The molecule has 0 amide bonds. The maximum absolute atomic E-state index is 6.61. The van der Waals surface area contributed by atoms with E-state index >= 15 is 0 Å². The third-order valence-electron chi connectivity index (χ3n) is 10.1. The molecule has 4 aromatic heterocycles. The molecule has 0 aliphatic heterocycles. The van der Waals surface area contributed by atoms with Crippen LogP contribution in [0.1, 0.15) is 0 Å². The highest BCUT2D eigenvalue weighted by atomic mass is 16.3. The Kier molecular flexibility index (Phi) is 5.89. The van der Waals surface area contributed by atoms with Crippen molar-refractivity contribution in [1.29, 1.82) is 0 Å². The predicted molar refractivity (Wildman–Crippen MR) is 209 cm³/mol. The van der Waals surface area contributed by atoms with Gasteiger partial charge in [-0.3, -0.25) is 4.57 Å². The van der Waals surface area contributed by atoms with Gasteiger partial charge in [-0.2, -0.15) is 0 Å². The maximum atomic E-state index is 6.61. The molecule has 0 saturated heterocycles. The Balaban J connectivity index is 1.23. The number of fused-ring (bicyclic) bond motifs is 9. The third kappa shape index (κ3) is 4.09. The Hall–Kier alpha value is -6.98. The number of rotatable bonds is 4. The third-order valence-corrected chi connectivity index (χ3v) is 10.1. The highest BCUT2D eigenvalue weighted by Crippen LogP contribution is 2.41. The fourth-order valence-corrected chi connectivity index (χ4v) is 7.94. The first-order valence-electron chi connectivity index (χ1n) is 17.2. The maximum Gasteiger partial charge on any atom is 0.236 e. The summed E-state index contributed by atoms with van der Waals surface area (Å²) in [6.07, 6.45) is 0. The van der Waals surface area contributed by atoms with Crippen molar-refractivity contribution < 1.29 is 4.42 Å². The van der Waals surface area contributed by atoms with Crippen molar-refractivity contribution in [3.8, 4) is 34.0 Å². The molecule has 0 aliphatic rings. The Morgan fingerprint density at radius 1 is 0.431 bits per heavy atom. The molecule has 0 unspecified atom stereocenters. The molecule has 11 rings (SSSR count). The zero-order valence-electron chi connectivity index (χ0n) is 27.4. The summed E-state index contributed by atoms with van der Waals surface area (Å²) in [6, 6.07) is 59.5. The van der Waals surface area contributed by atoms with E-state index < -0.39 is 0 Å². The molecule has 0 fully saturated rings. The molecule has 0 N–H and O–H groups in total. The lowest BCUT2D eigenvalue weighted by atomic mass is 10.0. The zero-order valence-corrected chi connectivity index (χ0v) is 27.4. The number of hydrogen-bond acceptors (Lipinski definition) is 3. The van der Waals surface area contributed by atoms with Gasteiger partial charge >= 0.3 is 0 Å². The minimum atomic E-state index is 0.598. The van der Waals surface area contributed by atoms with Gasteiger partial charge in [0.15, 0.2) is 5.58 Å². The van der Waals surface area contributed by atoms with Crippen molar-refractivity contribution in [2.45, 2.75) is 0 Å². The van der Waals surface area contributed by atoms with Crippen LogP contribution in [0.2, 0.25) is 0 Å². The van der Waals surface area contributed by atoms with E-state index in [-0.39, 0.29) is 0 Å². The van der Waals surface area contributed by atoms with Crippen LogP contribution in [0.3, 0.4) is 0 Å². The van der Waals surface area contributed by atoms with Gasteiger partial charge in [-0.15, -0.1) is 0 Å². The summed E-state index contributed by atoms with van der Waals surface area (Å²) in [6.45, 7) is 0. The van der Waals surface area contributed by atoms with Crippen LogP contribution in [-0.2, 0) is 0 Å². The van der Waals surface area contributed by atoms with Crippen LogP contribution in [0, 0.1) is 0 Å². The highest BCUT2D eigenvalue weighted by molar-refractivity contribution is 6.14. The van der Waals surface area contributed by atoms with Crippen LogP contribution in [0.5, 0.6) is 0 Å². The Bertz CT molecular complexity index is 3090. The van der Waals surface area contributed by atoms with E-state index in [9.17, 15) is 0 Å². The van der Waals surface area contributed by atoms with Crippen LogP contribution >= 0.6 is 0 Å². The highest BCUT2D eigenvalue weighted by Gasteiger charge is 2.23. The van der Waals surface area contributed by atoms with Gasteiger partial charge in [-0.05, 0) is 48.0 Å². The number of furan rings is 1. The Morgan fingerprint density at radius 3 is 1.75 bits per heavy atom. The zero-order chi connectivity index (χ0) is 33.5. The van der Waals surface area contributed by atoms with Crippen LogP contribution < -0.4 is 0 Å². The van der Waals surface area contributed by atoms with Gasteiger partial charge in [0.1, 0.15) is 16.8 Å². The minimum absolute atomic E-state index is 0.598. The van der Waals surface area contributed by atoms with Crippen molar-refractivity contribution in [2.75, 3.05) is 0 Å². The first-order chi connectivity index (χ1) is 25.3. The SMILES string of the molecule is c1ccc(-c2cccc3c4ccccc4n(-c4nc(-c5cccc(-n6c7ccccc7c7ccccc76)c5)c5oc6ccccc6c5n4)c23)cc1. The lowest BCUT2D eigenvalue weighted by molar-refractivity contribution is 0.666. The predicted octanol–water partition coefficient (Wildman–Crippen LogP) is 11.9. The van der Waals surface area contributed by atoms with Gasteiger partial charge < -0.3 is 8.98 Å². The van der Waals surface area contributed by atoms with Gasteiger partial charge in [0.2, 0.25) is 5.95 Å². The Labute approximate surface area is 292 Å². The summed E-state index contributed by atoms with van der Waals surface area (Å²) in [4.78, 5) is 10.8. The van der Waals surface area contributed by atoms with Crippen molar-refractivity contribution >= 4 is 65.7 Å². The van der Waals surface area contributed by atoms with E-state index in [0.29, 0.717) is 11.5 Å². The molecule has 11 aromatic rings. The number of para-hydroxylation sites is 5. The molecule has 0 atom stereocenters. The van der Waals surface area contributed by atoms with E-state index in [0.717, 1.165) is 77.4 Å². The molecule has 7 aromatic carbocycles. The van der Waals surface area contributed by atoms with Crippen molar-refractivity contribution in [3.05, 3.63) is 170 Å². The summed E-state index contributed by atoms with van der Waals surface area (Å²) in [5, 5.41) is 5.72. The second-order valence-corrected chi connectivity index (χ2v) is 13.0. The molecule has 0 spiro atoms. The molecule has 51 heavy (non-hydrogen) atoms. The van der Waals surface area contributed by atoms with Crippen molar-refractivity contribution in [1.82, 2.24) is 19.1 Å². The van der Waals surface area contributed by atoms with Gasteiger partial charge in [0.05, 0.1) is 22.1 Å². The van der Waals surface area contributed by atoms with Crippen molar-refractivity contribution in [3.63, 3.8) is 0 Å². The molecule has 0 aliphatic carbocycles. The number of nitrogens with zero attached hydrogens (tertiary/aromatic N) is 4. The summed E-state index contributed by atoms with van der Waals surface area (Å²) in [5.41, 5.74) is 11.7. The first kappa shape index (κ1) is 27.9. The molecule has 0 saturated carbocycles. The van der Waals surface area contributed by atoms with Gasteiger partial charge in [0, 0.05) is 43.7 Å². The monoisotopic (exact) mass is 652 g/mol. The summed E-state index contributed by atoms with van der Waals surface area (Å²) < 4.78 is 11.2. The summed E-state index contributed by atoms with van der Waals surface area (Å²) in [7, 11) is 0. The fourth-order valence-electron chi connectivity index (χ4n) is 7.94. The van der Waals surface area contributed by atoms with Crippen LogP contribution in [-0.4, -0.2) is 19.1 Å². The molecule has 0 radical (unpaired) electrons.